The predicted octanol–water partition coefficient (Wildman–Crippen LogP) is 2.50. The third kappa shape index (κ3) is 3.64. The second-order valence-electron chi connectivity index (χ2n) is 3.51. The lowest BCUT2D eigenvalue weighted by Gasteiger charge is -2.13. The Kier molecular flexibility index (Phi) is 4.91. The van der Waals surface area contributed by atoms with Crippen LogP contribution in [0.5, 0.6) is 0 Å². The summed E-state index contributed by atoms with van der Waals surface area (Å²) in [6, 6.07) is 2.54. The first-order valence-electron chi connectivity index (χ1n) is 4.96. The molecule has 0 fully saturated rings. The van der Waals surface area contributed by atoms with E-state index in [2.05, 4.69) is 30.2 Å². The smallest absolute Gasteiger partial charge is 0.0377 e. The van der Waals surface area contributed by atoms with Gasteiger partial charge in [0.1, 0.15) is 0 Å². The van der Waals surface area contributed by atoms with Gasteiger partial charge in [-0.25, -0.2) is 0 Å². The first-order valence-corrected chi connectivity index (χ1v) is 5.49. The SMILES string of the molecule is CCC(CCl)NCc1cncc(C)c1. The van der Waals surface area contributed by atoms with Crippen molar-refractivity contribution in [3.8, 4) is 0 Å². The van der Waals surface area contributed by atoms with Gasteiger partial charge in [-0.15, -0.1) is 11.6 Å². The molecule has 0 radical (unpaired) electrons. The zero-order valence-corrected chi connectivity index (χ0v) is 9.51. The Morgan fingerprint density at radius 1 is 1.50 bits per heavy atom. The molecule has 14 heavy (non-hydrogen) atoms. The number of rotatable bonds is 5. The highest BCUT2D eigenvalue weighted by Gasteiger charge is 2.03. The van der Waals surface area contributed by atoms with Crippen LogP contribution in [0.3, 0.4) is 0 Å². The molecule has 0 aliphatic heterocycles. The number of nitrogens with one attached hydrogen (secondary N) is 1. The Bertz CT molecular complexity index is 272. The molecular formula is C11H17ClN2. The molecule has 0 spiro atoms. The third-order valence-corrected chi connectivity index (χ3v) is 2.58. The number of hydrogen-bond donors (Lipinski definition) is 1. The van der Waals surface area contributed by atoms with Crippen molar-refractivity contribution in [3.63, 3.8) is 0 Å². The highest BCUT2D eigenvalue weighted by Crippen LogP contribution is 2.02. The van der Waals surface area contributed by atoms with E-state index in [1.165, 1.54) is 11.1 Å². The van der Waals surface area contributed by atoms with Crippen LogP contribution in [0.1, 0.15) is 24.5 Å². The Balaban J connectivity index is 2.44. The second-order valence-corrected chi connectivity index (χ2v) is 3.82. The summed E-state index contributed by atoms with van der Waals surface area (Å²) in [7, 11) is 0. The molecule has 0 bridgehead atoms. The molecule has 0 amide bonds. The average molecular weight is 213 g/mol. The summed E-state index contributed by atoms with van der Waals surface area (Å²) in [5, 5.41) is 3.39. The number of hydrogen-bond acceptors (Lipinski definition) is 2. The molecule has 0 aliphatic carbocycles. The van der Waals surface area contributed by atoms with Crippen molar-refractivity contribution in [2.75, 3.05) is 5.88 Å². The van der Waals surface area contributed by atoms with Crippen LogP contribution in [0.25, 0.3) is 0 Å². The molecule has 3 heteroatoms. The van der Waals surface area contributed by atoms with Gasteiger partial charge in [0.05, 0.1) is 0 Å². The van der Waals surface area contributed by atoms with Gasteiger partial charge in [0.2, 0.25) is 0 Å². The van der Waals surface area contributed by atoms with Gasteiger partial charge in [-0.2, -0.15) is 0 Å². The Morgan fingerprint density at radius 2 is 2.29 bits per heavy atom. The van der Waals surface area contributed by atoms with Gasteiger partial charge in [-0.1, -0.05) is 13.0 Å². The molecule has 1 heterocycles. The molecule has 1 aromatic heterocycles. The van der Waals surface area contributed by atoms with Gasteiger partial charge >= 0.3 is 0 Å². The Labute approximate surface area is 90.7 Å². The first kappa shape index (κ1) is 11.5. The minimum Gasteiger partial charge on any atom is -0.309 e. The van der Waals surface area contributed by atoms with E-state index in [9.17, 15) is 0 Å². The van der Waals surface area contributed by atoms with Gasteiger partial charge in [-0.3, -0.25) is 4.98 Å². The minimum absolute atomic E-state index is 0.400. The molecule has 0 saturated heterocycles. The zero-order chi connectivity index (χ0) is 10.4. The molecule has 0 saturated carbocycles. The molecule has 0 aliphatic rings. The Hall–Kier alpha value is -0.600. The van der Waals surface area contributed by atoms with Gasteiger partial charge in [0.15, 0.2) is 0 Å². The summed E-state index contributed by atoms with van der Waals surface area (Å²) in [6.45, 7) is 5.03. The van der Waals surface area contributed by atoms with Crippen LogP contribution in [-0.2, 0) is 6.54 Å². The standard InChI is InChI=1S/C11H17ClN2/c1-3-11(5-12)14-8-10-4-9(2)6-13-7-10/h4,6-7,11,14H,3,5,8H2,1-2H3. The van der Waals surface area contributed by atoms with Crippen LogP contribution in [-0.4, -0.2) is 16.9 Å². The van der Waals surface area contributed by atoms with E-state index in [4.69, 9.17) is 11.6 Å². The number of pyridine rings is 1. The topological polar surface area (TPSA) is 24.9 Å². The van der Waals surface area contributed by atoms with Crippen LogP contribution in [0, 0.1) is 6.92 Å². The van der Waals surface area contributed by atoms with E-state index in [-0.39, 0.29) is 0 Å². The maximum atomic E-state index is 5.79. The lowest BCUT2D eigenvalue weighted by Crippen LogP contribution is -2.29. The summed E-state index contributed by atoms with van der Waals surface area (Å²) < 4.78 is 0. The van der Waals surface area contributed by atoms with Crippen molar-refractivity contribution in [2.45, 2.75) is 32.9 Å². The molecule has 1 rings (SSSR count). The number of halogens is 1. The Morgan fingerprint density at radius 3 is 2.86 bits per heavy atom. The highest BCUT2D eigenvalue weighted by atomic mass is 35.5. The average Bonchev–Trinajstić information content (AvgIpc) is 2.19. The van der Waals surface area contributed by atoms with Crippen molar-refractivity contribution >= 4 is 11.6 Å². The molecular weight excluding hydrogens is 196 g/mol. The van der Waals surface area contributed by atoms with Crippen molar-refractivity contribution in [1.82, 2.24) is 10.3 Å². The molecule has 0 aromatic carbocycles. The largest absolute Gasteiger partial charge is 0.309 e. The van der Waals surface area contributed by atoms with E-state index >= 15 is 0 Å². The number of aryl methyl sites for hydroxylation is 1. The number of aromatic nitrogens is 1. The van der Waals surface area contributed by atoms with Crippen molar-refractivity contribution < 1.29 is 0 Å². The summed E-state index contributed by atoms with van der Waals surface area (Å²) in [5.74, 6) is 0.662. The van der Waals surface area contributed by atoms with Crippen molar-refractivity contribution in [3.05, 3.63) is 29.6 Å². The van der Waals surface area contributed by atoms with Crippen LogP contribution in [0.15, 0.2) is 18.5 Å². The predicted molar refractivity (Wildman–Crippen MR) is 60.6 cm³/mol. The van der Waals surface area contributed by atoms with E-state index < -0.39 is 0 Å². The van der Waals surface area contributed by atoms with Crippen molar-refractivity contribution in [1.29, 1.82) is 0 Å². The van der Waals surface area contributed by atoms with Crippen molar-refractivity contribution in [2.24, 2.45) is 0 Å². The number of alkyl halides is 1. The maximum Gasteiger partial charge on any atom is 0.0377 e. The lowest BCUT2D eigenvalue weighted by atomic mass is 10.2. The second kappa shape index (κ2) is 5.99. The van der Waals surface area contributed by atoms with Gasteiger partial charge < -0.3 is 5.32 Å². The highest BCUT2D eigenvalue weighted by molar-refractivity contribution is 6.18. The monoisotopic (exact) mass is 212 g/mol. The summed E-state index contributed by atoms with van der Waals surface area (Å²) in [4.78, 5) is 4.14. The van der Waals surface area contributed by atoms with E-state index in [0.29, 0.717) is 11.9 Å². The van der Waals surface area contributed by atoms with Gasteiger partial charge in [-0.05, 0) is 24.5 Å². The van der Waals surface area contributed by atoms with Crippen LogP contribution in [0.2, 0.25) is 0 Å². The van der Waals surface area contributed by atoms with Gasteiger partial charge in [0, 0.05) is 30.9 Å². The fourth-order valence-electron chi connectivity index (χ4n) is 1.28. The fourth-order valence-corrected chi connectivity index (χ4v) is 1.61. The third-order valence-electron chi connectivity index (χ3n) is 2.21. The number of nitrogens with zero attached hydrogens (tertiary/aromatic N) is 1. The summed E-state index contributed by atoms with van der Waals surface area (Å²) in [5.41, 5.74) is 2.41. The van der Waals surface area contributed by atoms with E-state index in [0.717, 1.165) is 13.0 Å². The quantitative estimate of drug-likeness (QED) is 0.759. The van der Waals surface area contributed by atoms with E-state index in [1.54, 1.807) is 0 Å². The van der Waals surface area contributed by atoms with Crippen LogP contribution < -0.4 is 5.32 Å². The molecule has 1 atom stereocenters. The van der Waals surface area contributed by atoms with Crippen LogP contribution >= 0.6 is 11.6 Å². The van der Waals surface area contributed by atoms with Crippen LogP contribution in [0.4, 0.5) is 0 Å². The van der Waals surface area contributed by atoms with E-state index in [1.807, 2.05) is 12.4 Å². The lowest BCUT2D eigenvalue weighted by molar-refractivity contribution is 0.538. The summed E-state index contributed by atoms with van der Waals surface area (Å²) in [6.07, 6.45) is 4.81. The molecule has 1 aromatic rings. The van der Waals surface area contributed by atoms with Gasteiger partial charge in [0.25, 0.3) is 0 Å². The fraction of sp³-hybridized carbons (Fsp3) is 0.545. The first-order chi connectivity index (χ1) is 6.76. The maximum absolute atomic E-state index is 5.79. The normalized spacial score (nSPS) is 12.8. The minimum atomic E-state index is 0.400. The molecule has 78 valence electrons. The molecule has 2 nitrogen and oxygen atoms in total. The summed E-state index contributed by atoms with van der Waals surface area (Å²) >= 11 is 5.79. The molecule has 1 unspecified atom stereocenters. The zero-order valence-electron chi connectivity index (χ0n) is 8.76. The molecule has 1 N–H and O–H groups in total.